The van der Waals surface area contributed by atoms with Gasteiger partial charge in [0.1, 0.15) is 0 Å². The molecule has 0 unspecified atom stereocenters. The number of nitrogens with zero attached hydrogens (tertiary/aromatic N) is 2. The Labute approximate surface area is 240 Å². The largest absolute Gasteiger partial charge is 0.512 e. The molecular weight excluding hydrogens is 649 g/mol. The number of fused-ring (bicyclic) bond motifs is 4. The molecule has 0 fully saturated rings. The van der Waals surface area contributed by atoms with Crippen molar-refractivity contribution in [1.29, 1.82) is 0 Å². The van der Waals surface area contributed by atoms with Crippen LogP contribution in [0.4, 0.5) is 0 Å². The van der Waals surface area contributed by atoms with Gasteiger partial charge in [0, 0.05) is 49.7 Å². The first-order valence-electron chi connectivity index (χ1n) is 13.5. The Bertz CT molecular complexity index is 1450. The number of benzene rings is 2. The molecule has 2 aromatic carbocycles. The minimum atomic E-state index is 0. The molecule has 0 atom stereocenters. The SMILES string of the molecule is CCC(CC)C(=O)/C=C(\O)C(CC)CC.Cc1ccc2cnc3c(c2c1)Cc1cccc2nc[c-]c-3c12.[Ir]. The van der Waals surface area contributed by atoms with Crippen molar-refractivity contribution in [2.24, 2.45) is 11.8 Å². The van der Waals surface area contributed by atoms with E-state index in [1.807, 2.05) is 33.9 Å². The van der Waals surface area contributed by atoms with Crippen LogP contribution >= 0.6 is 0 Å². The summed E-state index contributed by atoms with van der Waals surface area (Å²) in [6.45, 7) is 10.2. The van der Waals surface area contributed by atoms with Crippen LogP contribution in [0.1, 0.15) is 70.1 Å². The summed E-state index contributed by atoms with van der Waals surface area (Å²) in [4.78, 5) is 20.9. The minimum absolute atomic E-state index is 0. The molecule has 0 bridgehead atoms. The predicted octanol–water partition coefficient (Wildman–Crippen LogP) is 8.33. The van der Waals surface area contributed by atoms with E-state index in [2.05, 4.69) is 54.4 Å². The molecule has 1 N–H and O–H groups in total. The maximum atomic E-state index is 11.7. The van der Waals surface area contributed by atoms with Crippen molar-refractivity contribution in [3.05, 3.63) is 83.4 Å². The van der Waals surface area contributed by atoms with Crippen molar-refractivity contribution in [1.82, 2.24) is 9.97 Å². The second-order valence-electron chi connectivity index (χ2n) is 9.94. The Hall–Kier alpha value is -2.88. The van der Waals surface area contributed by atoms with Gasteiger partial charge < -0.3 is 10.1 Å². The van der Waals surface area contributed by atoms with Crippen LogP contribution in [0.2, 0.25) is 0 Å². The maximum absolute atomic E-state index is 11.7. The average Bonchev–Trinajstić information content (AvgIpc) is 2.91. The Morgan fingerprint density at radius 2 is 1.74 bits per heavy atom. The smallest absolute Gasteiger partial charge is 0.162 e. The number of carbonyl (C=O) groups excluding carboxylic acids is 1. The number of aliphatic hydroxyl groups excluding tert-OH is 1. The van der Waals surface area contributed by atoms with Crippen molar-refractivity contribution in [2.75, 3.05) is 0 Å². The summed E-state index contributed by atoms with van der Waals surface area (Å²) in [6, 6.07) is 16.2. The van der Waals surface area contributed by atoms with Gasteiger partial charge in [-0.3, -0.25) is 9.78 Å². The van der Waals surface area contributed by atoms with Gasteiger partial charge in [-0.2, -0.15) is 11.6 Å². The Balaban J connectivity index is 0.000000223. The van der Waals surface area contributed by atoms with Crippen LogP contribution in [0, 0.1) is 24.8 Å². The molecule has 1 aliphatic carbocycles. The van der Waals surface area contributed by atoms with E-state index in [0.29, 0.717) is 0 Å². The molecular formula is C33H37IrN2O2-. The third-order valence-corrected chi connectivity index (χ3v) is 7.63. The zero-order valence-electron chi connectivity index (χ0n) is 23.0. The van der Waals surface area contributed by atoms with E-state index in [1.54, 1.807) is 6.20 Å². The molecule has 1 aliphatic rings. The normalized spacial score (nSPS) is 12.2. The molecule has 0 spiro atoms. The van der Waals surface area contributed by atoms with Crippen LogP contribution in [-0.4, -0.2) is 20.9 Å². The molecule has 4 nitrogen and oxygen atoms in total. The van der Waals surface area contributed by atoms with Crippen molar-refractivity contribution in [3.63, 3.8) is 0 Å². The molecule has 2 heterocycles. The average molecular weight is 686 g/mol. The third kappa shape index (κ3) is 6.05. The van der Waals surface area contributed by atoms with E-state index in [9.17, 15) is 9.90 Å². The summed E-state index contributed by atoms with van der Waals surface area (Å²) >= 11 is 0. The van der Waals surface area contributed by atoms with Gasteiger partial charge in [0.25, 0.3) is 0 Å². The Kier molecular flexibility index (Phi) is 10.4. The van der Waals surface area contributed by atoms with Gasteiger partial charge in [0.2, 0.25) is 0 Å². The van der Waals surface area contributed by atoms with Gasteiger partial charge in [-0.05, 0) is 67.8 Å². The molecule has 1 radical (unpaired) electrons. The van der Waals surface area contributed by atoms with E-state index < -0.39 is 0 Å². The van der Waals surface area contributed by atoms with E-state index >= 15 is 0 Å². The molecule has 38 heavy (non-hydrogen) atoms. The molecule has 0 saturated heterocycles. The quantitative estimate of drug-likeness (QED) is 0.106. The molecule has 0 amide bonds. The van der Waals surface area contributed by atoms with Crippen LogP contribution in [0.15, 0.2) is 60.6 Å². The Morgan fingerprint density at radius 1 is 1.03 bits per heavy atom. The zero-order valence-corrected chi connectivity index (χ0v) is 25.4. The number of hydrogen-bond acceptors (Lipinski definition) is 4. The first kappa shape index (κ1) is 29.7. The topological polar surface area (TPSA) is 63.1 Å². The predicted molar refractivity (Wildman–Crippen MR) is 153 cm³/mol. The van der Waals surface area contributed by atoms with Crippen molar-refractivity contribution < 1.29 is 30.0 Å². The number of aliphatic hydroxyl groups is 1. The molecule has 5 rings (SSSR count). The number of aromatic nitrogens is 2. The monoisotopic (exact) mass is 686 g/mol. The second kappa shape index (κ2) is 13.3. The fraction of sp³-hybridized carbons (Fsp3) is 0.364. The number of ketones is 1. The van der Waals surface area contributed by atoms with Crippen molar-refractivity contribution >= 4 is 27.5 Å². The first-order valence-corrected chi connectivity index (χ1v) is 13.5. The summed E-state index contributed by atoms with van der Waals surface area (Å²) in [5.41, 5.74) is 7.09. The molecule has 0 saturated carbocycles. The maximum Gasteiger partial charge on any atom is 0.162 e. The molecule has 201 valence electrons. The van der Waals surface area contributed by atoms with Gasteiger partial charge in [0.05, 0.1) is 5.76 Å². The molecule has 0 aliphatic heterocycles. The van der Waals surface area contributed by atoms with E-state index in [0.717, 1.165) is 48.9 Å². The molecule has 2 aromatic heterocycles. The number of pyridine rings is 2. The summed E-state index contributed by atoms with van der Waals surface area (Å²) in [5, 5.41) is 13.5. The first-order chi connectivity index (χ1) is 17.9. The minimum Gasteiger partial charge on any atom is -0.512 e. The third-order valence-electron chi connectivity index (χ3n) is 7.63. The van der Waals surface area contributed by atoms with Crippen molar-refractivity contribution in [2.45, 2.75) is 66.7 Å². The van der Waals surface area contributed by atoms with Gasteiger partial charge in [-0.1, -0.05) is 80.1 Å². The molecule has 5 heteroatoms. The summed E-state index contributed by atoms with van der Waals surface area (Å²) < 4.78 is 0. The van der Waals surface area contributed by atoms with Gasteiger partial charge in [-0.25, -0.2) is 0 Å². The van der Waals surface area contributed by atoms with Gasteiger partial charge in [-0.15, -0.1) is 0 Å². The van der Waals surface area contributed by atoms with Crippen LogP contribution in [0.5, 0.6) is 0 Å². The Morgan fingerprint density at radius 3 is 2.42 bits per heavy atom. The number of hydrogen-bond donors (Lipinski definition) is 1. The molecule has 4 aromatic rings. The summed E-state index contributed by atoms with van der Waals surface area (Å²) in [6.07, 6.45) is 9.55. The van der Waals surface area contributed by atoms with E-state index in [1.165, 1.54) is 38.9 Å². The van der Waals surface area contributed by atoms with Gasteiger partial charge in [0.15, 0.2) is 5.78 Å². The number of rotatable bonds is 7. The van der Waals surface area contributed by atoms with Crippen molar-refractivity contribution in [3.8, 4) is 11.3 Å². The standard InChI is InChI=1S/C20H13N2.C13H24O2.Ir/c1-12-5-6-14-11-22-20-15-7-8-21-18-4-2-3-13(19(15)18)10-17(20)16(14)9-12;1-5-10(6-2)12(14)9-13(15)11(7-3)8-4;/h2-6,8-9,11H,10H2,1H3;9-11,14H,5-8H2,1-4H3;/q-1;;/b;12-9-;. The van der Waals surface area contributed by atoms with Crippen LogP contribution < -0.4 is 0 Å². The van der Waals surface area contributed by atoms with E-state index in [4.69, 9.17) is 4.98 Å². The summed E-state index contributed by atoms with van der Waals surface area (Å²) in [7, 11) is 0. The zero-order chi connectivity index (χ0) is 26.5. The van der Waals surface area contributed by atoms with E-state index in [-0.39, 0.29) is 43.5 Å². The number of allylic oxidation sites excluding steroid dienone is 2. The fourth-order valence-electron chi connectivity index (χ4n) is 5.30. The summed E-state index contributed by atoms with van der Waals surface area (Å²) in [5.74, 6) is 0.547. The van der Waals surface area contributed by atoms with Crippen LogP contribution in [0.3, 0.4) is 0 Å². The van der Waals surface area contributed by atoms with Crippen LogP contribution in [-0.2, 0) is 31.3 Å². The fourth-order valence-corrected chi connectivity index (χ4v) is 5.30. The second-order valence-corrected chi connectivity index (χ2v) is 9.94. The van der Waals surface area contributed by atoms with Crippen LogP contribution in [0.25, 0.3) is 32.9 Å². The van der Waals surface area contributed by atoms with Gasteiger partial charge >= 0.3 is 0 Å². The number of aryl methyl sites for hydroxylation is 1. The number of carbonyl (C=O) groups is 1.